The van der Waals surface area contributed by atoms with Crippen molar-refractivity contribution in [2.45, 2.75) is 6.42 Å². The van der Waals surface area contributed by atoms with Crippen molar-refractivity contribution >= 4 is 33.7 Å². The molecule has 0 bridgehead atoms. The van der Waals surface area contributed by atoms with E-state index >= 15 is 0 Å². The molecule has 3 aromatic heterocycles. The van der Waals surface area contributed by atoms with Crippen LogP contribution >= 0.6 is 0 Å². The van der Waals surface area contributed by atoms with Crippen molar-refractivity contribution in [3.8, 4) is 6.07 Å². The van der Waals surface area contributed by atoms with Crippen LogP contribution in [0.25, 0.3) is 21.9 Å². The number of carbonyl (C=O) groups excluding carboxylic acids is 1. The van der Waals surface area contributed by atoms with Gasteiger partial charge in [0.25, 0.3) is 0 Å². The predicted octanol–water partition coefficient (Wildman–Crippen LogP) is 2.56. The number of aromatic nitrogens is 4. The maximum Gasteiger partial charge on any atom is 0.233 e. The molecule has 1 amide bonds. The maximum atomic E-state index is 12.2. The SMILES string of the molecule is N#Cc1ccc2ncc3[nH]c(CC(=O)Nc4ccccn4)nc3c2c1. The Morgan fingerprint density at radius 1 is 1.24 bits per heavy atom. The minimum Gasteiger partial charge on any atom is -0.340 e. The fourth-order valence-corrected chi connectivity index (χ4v) is 2.64. The third kappa shape index (κ3) is 2.88. The van der Waals surface area contributed by atoms with Gasteiger partial charge in [-0.3, -0.25) is 9.78 Å². The molecule has 3 heterocycles. The fourth-order valence-electron chi connectivity index (χ4n) is 2.64. The van der Waals surface area contributed by atoms with Gasteiger partial charge in [0.05, 0.1) is 40.8 Å². The number of nitriles is 1. The molecule has 0 spiro atoms. The molecule has 7 nitrogen and oxygen atoms in total. The maximum absolute atomic E-state index is 12.2. The quantitative estimate of drug-likeness (QED) is 0.601. The number of pyridine rings is 2. The molecule has 0 aliphatic carbocycles. The van der Waals surface area contributed by atoms with Crippen molar-refractivity contribution < 1.29 is 4.79 Å². The second-order valence-electron chi connectivity index (χ2n) is 5.49. The van der Waals surface area contributed by atoms with Crippen molar-refractivity contribution in [1.82, 2.24) is 19.9 Å². The Balaban J connectivity index is 1.66. The molecule has 0 unspecified atom stereocenters. The highest BCUT2D eigenvalue weighted by Crippen LogP contribution is 2.23. The summed E-state index contributed by atoms with van der Waals surface area (Å²) < 4.78 is 0. The van der Waals surface area contributed by atoms with Gasteiger partial charge in [-0.1, -0.05) is 6.07 Å². The Morgan fingerprint density at radius 2 is 2.16 bits per heavy atom. The molecular formula is C18H12N6O. The van der Waals surface area contributed by atoms with E-state index in [1.54, 1.807) is 48.8 Å². The lowest BCUT2D eigenvalue weighted by Crippen LogP contribution is -2.15. The number of hydrogen-bond acceptors (Lipinski definition) is 5. The van der Waals surface area contributed by atoms with Crippen LogP contribution in [-0.2, 0) is 11.2 Å². The molecule has 7 heteroatoms. The van der Waals surface area contributed by atoms with E-state index in [0.717, 1.165) is 16.4 Å². The number of nitrogens with zero attached hydrogens (tertiary/aromatic N) is 4. The summed E-state index contributed by atoms with van der Waals surface area (Å²) in [4.78, 5) is 28.2. The van der Waals surface area contributed by atoms with Crippen molar-refractivity contribution in [1.29, 1.82) is 5.26 Å². The van der Waals surface area contributed by atoms with E-state index in [0.29, 0.717) is 22.7 Å². The van der Waals surface area contributed by atoms with Gasteiger partial charge in [-0.15, -0.1) is 0 Å². The predicted molar refractivity (Wildman–Crippen MR) is 92.7 cm³/mol. The van der Waals surface area contributed by atoms with Crippen LogP contribution in [0.15, 0.2) is 48.8 Å². The van der Waals surface area contributed by atoms with E-state index in [2.05, 4.69) is 31.3 Å². The van der Waals surface area contributed by atoms with Gasteiger partial charge >= 0.3 is 0 Å². The fraction of sp³-hybridized carbons (Fsp3) is 0.0556. The number of imidazole rings is 1. The number of hydrogen-bond donors (Lipinski definition) is 2. The van der Waals surface area contributed by atoms with E-state index < -0.39 is 0 Å². The topological polar surface area (TPSA) is 107 Å². The van der Waals surface area contributed by atoms with Crippen molar-refractivity contribution in [3.63, 3.8) is 0 Å². The molecule has 0 atom stereocenters. The van der Waals surface area contributed by atoms with Crippen LogP contribution in [0.3, 0.4) is 0 Å². The average Bonchev–Trinajstić information content (AvgIpc) is 3.04. The molecule has 2 N–H and O–H groups in total. The summed E-state index contributed by atoms with van der Waals surface area (Å²) in [5.74, 6) is 0.808. The Kier molecular flexibility index (Phi) is 3.56. The van der Waals surface area contributed by atoms with E-state index in [9.17, 15) is 4.79 Å². The molecule has 0 aliphatic rings. The zero-order chi connectivity index (χ0) is 17.2. The van der Waals surface area contributed by atoms with E-state index in [1.807, 2.05) is 0 Å². The third-order valence-corrected chi connectivity index (χ3v) is 3.75. The number of anilines is 1. The van der Waals surface area contributed by atoms with E-state index in [-0.39, 0.29) is 12.3 Å². The van der Waals surface area contributed by atoms with Crippen LogP contribution in [0.5, 0.6) is 0 Å². The van der Waals surface area contributed by atoms with Gasteiger partial charge in [0.2, 0.25) is 5.91 Å². The Hall–Kier alpha value is -3.79. The zero-order valence-electron chi connectivity index (χ0n) is 13.0. The number of fused-ring (bicyclic) bond motifs is 3. The van der Waals surface area contributed by atoms with Gasteiger partial charge in [-0.2, -0.15) is 5.26 Å². The minimum absolute atomic E-state index is 0.0880. The van der Waals surface area contributed by atoms with Gasteiger partial charge in [0.1, 0.15) is 11.6 Å². The second kappa shape index (κ2) is 6.02. The molecule has 0 radical (unpaired) electrons. The number of H-pyrrole nitrogens is 1. The van der Waals surface area contributed by atoms with Gasteiger partial charge in [-0.25, -0.2) is 9.97 Å². The van der Waals surface area contributed by atoms with Gasteiger partial charge in [0, 0.05) is 11.6 Å². The van der Waals surface area contributed by atoms with Crippen molar-refractivity contribution in [2.75, 3.05) is 5.32 Å². The van der Waals surface area contributed by atoms with Crippen LogP contribution in [0.1, 0.15) is 11.4 Å². The summed E-state index contributed by atoms with van der Waals surface area (Å²) >= 11 is 0. The number of carbonyl (C=O) groups is 1. The molecular weight excluding hydrogens is 316 g/mol. The van der Waals surface area contributed by atoms with Crippen LogP contribution < -0.4 is 5.32 Å². The number of benzene rings is 1. The van der Waals surface area contributed by atoms with Crippen LogP contribution in [0.4, 0.5) is 5.82 Å². The first-order chi connectivity index (χ1) is 12.2. The minimum atomic E-state index is -0.215. The summed E-state index contributed by atoms with van der Waals surface area (Å²) in [5.41, 5.74) is 2.72. The first-order valence-electron chi connectivity index (χ1n) is 7.61. The number of aromatic amines is 1. The van der Waals surface area contributed by atoms with Gasteiger partial charge in [0.15, 0.2) is 0 Å². The first kappa shape index (κ1) is 14.8. The van der Waals surface area contributed by atoms with Crippen LogP contribution in [0.2, 0.25) is 0 Å². The standard InChI is InChI=1S/C18H12N6O/c19-9-11-4-5-13-12(7-11)18-14(10-21-13)22-16(24-18)8-17(25)23-15-3-1-2-6-20-15/h1-7,10H,8H2,(H,22,24)(H,20,23,25). The lowest BCUT2D eigenvalue weighted by atomic mass is 10.1. The molecule has 0 aliphatic heterocycles. The zero-order valence-corrected chi connectivity index (χ0v) is 13.0. The lowest BCUT2D eigenvalue weighted by molar-refractivity contribution is -0.115. The lowest BCUT2D eigenvalue weighted by Gasteiger charge is -2.01. The molecule has 4 rings (SSSR count). The molecule has 4 aromatic rings. The monoisotopic (exact) mass is 328 g/mol. The Bertz CT molecular complexity index is 1130. The highest BCUT2D eigenvalue weighted by Gasteiger charge is 2.12. The molecule has 0 saturated heterocycles. The third-order valence-electron chi connectivity index (χ3n) is 3.75. The molecule has 0 fully saturated rings. The normalized spacial score (nSPS) is 10.7. The molecule has 120 valence electrons. The summed E-state index contributed by atoms with van der Waals surface area (Å²) in [6, 6.07) is 12.7. The Labute approximate surface area is 142 Å². The largest absolute Gasteiger partial charge is 0.340 e. The summed E-state index contributed by atoms with van der Waals surface area (Å²) in [6.45, 7) is 0. The first-order valence-corrected chi connectivity index (χ1v) is 7.61. The van der Waals surface area contributed by atoms with E-state index in [1.165, 1.54) is 0 Å². The van der Waals surface area contributed by atoms with Crippen molar-refractivity contribution in [3.05, 3.63) is 60.2 Å². The summed E-state index contributed by atoms with van der Waals surface area (Å²) in [6.07, 6.45) is 3.38. The molecule has 25 heavy (non-hydrogen) atoms. The van der Waals surface area contributed by atoms with Gasteiger partial charge in [-0.05, 0) is 30.3 Å². The van der Waals surface area contributed by atoms with Crippen molar-refractivity contribution in [2.24, 2.45) is 0 Å². The highest BCUT2D eigenvalue weighted by atomic mass is 16.1. The number of rotatable bonds is 3. The second-order valence-corrected chi connectivity index (χ2v) is 5.49. The van der Waals surface area contributed by atoms with Crippen LogP contribution in [0, 0.1) is 11.3 Å². The summed E-state index contributed by atoms with van der Waals surface area (Å²) in [5, 5.41) is 12.6. The average molecular weight is 328 g/mol. The Morgan fingerprint density at radius 3 is 2.96 bits per heavy atom. The number of nitrogens with one attached hydrogen (secondary N) is 2. The smallest absolute Gasteiger partial charge is 0.233 e. The summed E-state index contributed by atoms with van der Waals surface area (Å²) in [7, 11) is 0. The van der Waals surface area contributed by atoms with E-state index in [4.69, 9.17) is 5.26 Å². The molecule has 1 aromatic carbocycles. The molecule has 0 saturated carbocycles. The highest BCUT2D eigenvalue weighted by molar-refractivity contribution is 6.02. The van der Waals surface area contributed by atoms with Gasteiger partial charge < -0.3 is 10.3 Å². The number of amides is 1. The van der Waals surface area contributed by atoms with Crippen LogP contribution in [-0.4, -0.2) is 25.8 Å².